The van der Waals surface area contributed by atoms with Gasteiger partial charge in [-0.25, -0.2) is 0 Å². The van der Waals surface area contributed by atoms with E-state index < -0.39 is 0 Å². The normalized spacial score (nSPS) is 18.2. The molecule has 1 saturated carbocycles. The Labute approximate surface area is 122 Å². The molecule has 1 aliphatic rings. The summed E-state index contributed by atoms with van der Waals surface area (Å²) in [7, 11) is 0. The Bertz CT molecular complexity index is 361. The van der Waals surface area contributed by atoms with Crippen molar-refractivity contribution in [3.63, 3.8) is 0 Å². The van der Waals surface area contributed by atoms with Crippen LogP contribution in [0.4, 0.5) is 0 Å². The number of benzene rings is 1. The zero-order valence-corrected chi connectivity index (χ0v) is 13.1. The predicted octanol–water partition coefficient (Wildman–Crippen LogP) is 4.23. The molecule has 0 aromatic heterocycles. The molecule has 0 aliphatic heterocycles. The Morgan fingerprint density at radius 1 is 1.26 bits per heavy atom. The van der Waals surface area contributed by atoms with Gasteiger partial charge in [0.2, 0.25) is 0 Å². The van der Waals surface area contributed by atoms with Crippen LogP contribution in [0.3, 0.4) is 0 Å². The topological polar surface area (TPSA) is 12.0 Å². The van der Waals surface area contributed by atoms with Crippen molar-refractivity contribution in [1.29, 1.82) is 0 Å². The Kier molecular flexibility index (Phi) is 5.77. The standard InChI is InChI=1S/C17H27NS/c1-3-17(12-7-13-19-2,14-18-16-10-11-16)15-8-5-4-6-9-15/h4-6,8-9,16,18H,3,7,10-14H2,1-2H3. The quantitative estimate of drug-likeness (QED) is 0.678. The lowest BCUT2D eigenvalue weighted by atomic mass is 9.74. The summed E-state index contributed by atoms with van der Waals surface area (Å²) in [6.07, 6.45) is 8.80. The van der Waals surface area contributed by atoms with Crippen LogP contribution < -0.4 is 5.32 Å². The largest absolute Gasteiger partial charge is 0.313 e. The molecule has 1 nitrogen and oxygen atoms in total. The highest BCUT2D eigenvalue weighted by molar-refractivity contribution is 7.98. The minimum Gasteiger partial charge on any atom is -0.313 e. The van der Waals surface area contributed by atoms with E-state index in [-0.39, 0.29) is 0 Å². The van der Waals surface area contributed by atoms with E-state index >= 15 is 0 Å². The van der Waals surface area contributed by atoms with E-state index in [2.05, 4.69) is 48.8 Å². The Hall–Kier alpha value is -0.470. The van der Waals surface area contributed by atoms with Crippen molar-refractivity contribution in [3.8, 4) is 0 Å². The van der Waals surface area contributed by atoms with E-state index in [0.29, 0.717) is 5.41 Å². The summed E-state index contributed by atoms with van der Waals surface area (Å²) in [5.41, 5.74) is 1.85. The molecule has 0 amide bonds. The summed E-state index contributed by atoms with van der Waals surface area (Å²) in [5, 5.41) is 3.77. The first-order valence-electron chi connectivity index (χ1n) is 7.58. The van der Waals surface area contributed by atoms with Crippen LogP contribution in [0, 0.1) is 0 Å². The minimum absolute atomic E-state index is 0.333. The molecule has 1 aromatic carbocycles. The smallest absolute Gasteiger partial charge is 0.00755 e. The third kappa shape index (κ3) is 4.25. The van der Waals surface area contributed by atoms with Gasteiger partial charge in [0, 0.05) is 18.0 Å². The number of hydrogen-bond donors (Lipinski definition) is 1. The first-order chi connectivity index (χ1) is 9.30. The minimum atomic E-state index is 0.333. The molecule has 106 valence electrons. The molecule has 0 spiro atoms. The highest BCUT2D eigenvalue weighted by Crippen LogP contribution is 2.34. The average Bonchev–Trinajstić information content (AvgIpc) is 3.28. The molecular formula is C17H27NS. The van der Waals surface area contributed by atoms with Gasteiger partial charge in [-0.3, -0.25) is 0 Å². The van der Waals surface area contributed by atoms with Crippen LogP contribution in [0.2, 0.25) is 0 Å². The van der Waals surface area contributed by atoms with E-state index in [0.717, 1.165) is 12.6 Å². The second-order valence-electron chi connectivity index (χ2n) is 5.75. The molecule has 1 fully saturated rings. The molecule has 0 bridgehead atoms. The summed E-state index contributed by atoms with van der Waals surface area (Å²) in [5.74, 6) is 1.28. The molecule has 2 heteroatoms. The maximum Gasteiger partial charge on any atom is 0.00755 e. The van der Waals surface area contributed by atoms with Crippen LogP contribution in [0.15, 0.2) is 30.3 Å². The van der Waals surface area contributed by atoms with Crippen molar-refractivity contribution in [2.45, 2.75) is 50.5 Å². The number of thioether (sulfide) groups is 1. The second-order valence-corrected chi connectivity index (χ2v) is 6.74. The molecule has 1 atom stereocenters. The fraction of sp³-hybridized carbons (Fsp3) is 0.647. The van der Waals surface area contributed by atoms with Gasteiger partial charge >= 0.3 is 0 Å². The molecule has 0 radical (unpaired) electrons. The van der Waals surface area contributed by atoms with Gasteiger partial charge in [0.05, 0.1) is 0 Å². The maximum absolute atomic E-state index is 3.77. The van der Waals surface area contributed by atoms with E-state index in [9.17, 15) is 0 Å². The lowest BCUT2D eigenvalue weighted by Gasteiger charge is -2.34. The maximum atomic E-state index is 3.77. The Morgan fingerprint density at radius 2 is 2.00 bits per heavy atom. The lowest BCUT2D eigenvalue weighted by molar-refractivity contribution is 0.351. The van der Waals surface area contributed by atoms with Gasteiger partial charge in [-0.05, 0) is 49.7 Å². The first kappa shape index (κ1) is 14.9. The molecule has 1 aliphatic carbocycles. The summed E-state index contributed by atoms with van der Waals surface area (Å²) < 4.78 is 0. The van der Waals surface area contributed by atoms with Gasteiger partial charge in [0.25, 0.3) is 0 Å². The fourth-order valence-corrected chi connectivity index (χ4v) is 3.25. The van der Waals surface area contributed by atoms with E-state index in [1.165, 1.54) is 43.4 Å². The molecule has 1 unspecified atom stereocenters. The summed E-state index contributed by atoms with van der Waals surface area (Å²) in [6, 6.07) is 11.9. The van der Waals surface area contributed by atoms with Crippen LogP contribution in [0.25, 0.3) is 0 Å². The molecule has 19 heavy (non-hydrogen) atoms. The Balaban J connectivity index is 2.08. The fourth-order valence-electron chi connectivity index (χ4n) is 2.81. The van der Waals surface area contributed by atoms with Gasteiger partial charge in [-0.1, -0.05) is 37.3 Å². The zero-order valence-electron chi connectivity index (χ0n) is 12.3. The van der Waals surface area contributed by atoms with Crippen LogP contribution in [0.5, 0.6) is 0 Å². The highest BCUT2D eigenvalue weighted by Gasteiger charge is 2.32. The third-order valence-electron chi connectivity index (χ3n) is 4.37. The van der Waals surface area contributed by atoms with Crippen molar-refractivity contribution in [2.24, 2.45) is 0 Å². The van der Waals surface area contributed by atoms with Crippen molar-refractivity contribution in [1.82, 2.24) is 5.32 Å². The summed E-state index contributed by atoms with van der Waals surface area (Å²) in [6.45, 7) is 3.49. The second kappa shape index (κ2) is 7.35. The van der Waals surface area contributed by atoms with Crippen LogP contribution in [-0.2, 0) is 5.41 Å². The number of nitrogens with one attached hydrogen (secondary N) is 1. The van der Waals surface area contributed by atoms with Crippen molar-refractivity contribution in [3.05, 3.63) is 35.9 Å². The molecule has 0 heterocycles. The molecule has 1 aromatic rings. The zero-order chi connectivity index (χ0) is 13.6. The van der Waals surface area contributed by atoms with E-state index in [1.54, 1.807) is 0 Å². The van der Waals surface area contributed by atoms with Gasteiger partial charge < -0.3 is 5.32 Å². The van der Waals surface area contributed by atoms with Crippen LogP contribution in [-0.4, -0.2) is 24.6 Å². The molecule has 1 N–H and O–H groups in total. The molecule has 0 saturated heterocycles. The van der Waals surface area contributed by atoms with Crippen LogP contribution in [0.1, 0.15) is 44.6 Å². The predicted molar refractivity (Wildman–Crippen MR) is 87.1 cm³/mol. The number of rotatable bonds is 9. The average molecular weight is 277 g/mol. The van der Waals surface area contributed by atoms with Crippen molar-refractivity contribution in [2.75, 3.05) is 18.6 Å². The van der Waals surface area contributed by atoms with Crippen molar-refractivity contribution < 1.29 is 0 Å². The van der Waals surface area contributed by atoms with Gasteiger partial charge in [-0.15, -0.1) is 0 Å². The Morgan fingerprint density at radius 3 is 2.58 bits per heavy atom. The molecular weight excluding hydrogens is 250 g/mol. The van der Waals surface area contributed by atoms with Gasteiger partial charge in [0.1, 0.15) is 0 Å². The highest BCUT2D eigenvalue weighted by atomic mass is 32.2. The van der Waals surface area contributed by atoms with Crippen LogP contribution >= 0.6 is 11.8 Å². The summed E-state index contributed by atoms with van der Waals surface area (Å²) >= 11 is 1.96. The van der Waals surface area contributed by atoms with Gasteiger partial charge in [0.15, 0.2) is 0 Å². The summed E-state index contributed by atoms with van der Waals surface area (Å²) in [4.78, 5) is 0. The van der Waals surface area contributed by atoms with Gasteiger partial charge in [-0.2, -0.15) is 11.8 Å². The van der Waals surface area contributed by atoms with E-state index in [1.807, 2.05) is 11.8 Å². The SMILES string of the molecule is CCC(CCCSC)(CNC1CC1)c1ccccc1. The third-order valence-corrected chi connectivity index (χ3v) is 5.07. The van der Waals surface area contributed by atoms with E-state index in [4.69, 9.17) is 0 Å². The number of hydrogen-bond acceptors (Lipinski definition) is 2. The monoisotopic (exact) mass is 277 g/mol. The molecule has 2 rings (SSSR count). The first-order valence-corrected chi connectivity index (χ1v) is 8.98. The lowest BCUT2D eigenvalue weighted by Crippen LogP contribution is -2.39. The van der Waals surface area contributed by atoms with Crippen molar-refractivity contribution >= 4 is 11.8 Å².